The third-order valence-electron chi connectivity index (χ3n) is 5.91. The number of hydrogen-bond acceptors (Lipinski definition) is 2. The largest absolute Gasteiger partial charge is 0.298 e. The van der Waals surface area contributed by atoms with Gasteiger partial charge in [0.2, 0.25) is 0 Å². The zero-order valence-electron chi connectivity index (χ0n) is 12.8. The molecule has 0 aromatic rings. The highest BCUT2D eigenvalue weighted by Gasteiger charge is 2.35. The maximum absolute atomic E-state index is 2.83. The van der Waals surface area contributed by atoms with E-state index >= 15 is 0 Å². The first-order valence-electron chi connectivity index (χ1n) is 8.85. The standard InChI is InChI=1S/C17H32N2/c1-2-16-13-19-12-6-10-17(19)14-18(16)11-5-9-15-7-3-4-8-15/h15-17H,2-14H2,1H3. The van der Waals surface area contributed by atoms with Crippen LogP contribution >= 0.6 is 0 Å². The van der Waals surface area contributed by atoms with Gasteiger partial charge in [-0.05, 0) is 51.1 Å². The van der Waals surface area contributed by atoms with Crippen molar-refractivity contribution in [1.82, 2.24) is 9.80 Å². The highest BCUT2D eigenvalue weighted by Crippen LogP contribution is 2.30. The summed E-state index contributed by atoms with van der Waals surface area (Å²) in [7, 11) is 0. The number of rotatable bonds is 5. The molecule has 3 rings (SSSR count). The summed E-state index contributed by atoms with van der Waals surface area (Å²) < 4.78 is 0. The second-order valence-corrected chi connectivity index (χ2v) is 7.14. The Hall–Kier alpha value is -0.0800. The highest BCUT2D eigenvalue weighted by molar-refractivity contribution is 4.91. The lowest BCUT2D eigenvalue weighted by molar-refractivity contribution is 0.0474. The van der Waals surface area contributed by atoms with Crippen molar-refractivity contribution in [3.8, 4) is 0 Å². The Kier molecular flexibility index (Phi) is 4.81. The lowest BCUT2D eigenvalue weighted by Gasteiger charge is -2.43. The fourth-order valence-corrected chi connectivity index (χ4v) is 4.69. The molecule has 0 radical (unpaired) electrons. The van der Waals surface area contributed by atoms with Crippen LogP contribution < -0.4 is 0 Å². The summed E-state index contributed by atoms with van der Waals surface area (Å²) in [6.07, 6.45) is 13.2. The number of fused-ring (bicyclic) bond motifs is 1. The molecule has 0 amide bonds. The lowest BCUT2D eigenvalue weighted by atomic mass is 10.00. The summed E-state index contributed by atoms with van der Waals surface area (Å²) in [5.41, 5.74) is 0. The van der Waals surface area contributed by atoms with Gasteiger partial charge in [-0.2, -0.15) is 0 Å². The first-order valence-corrected chi connectivity index (χ1v) is 8.85. The van der Waals surface area contributed by atoms with Gasteiger partial charge >= 0.3 is 0 Å². The van der Waals surface area contributed by atoms with Crippen molar-refractivity contribution in [2.75, 3.05) is 26.2 Å². The van der Waals surface area contributed by atoms with Gasteiger partial charge in [-0.3, -0.25) is 9.80 Å². The van der Waals surface area contributed by atoms with E-state index in [-0.39, 0.29) is 0 Å². The van der Waals surface area contributed by atoms with Gasteiger partial charge in [0, 0.05) is 25.2 Å². The van der Waals surface area contributed by atoms with Crippen LogP contribution in [0.3, 0.4) is 0 Å². The molecule has 1 saturated carbocycles. The van der Waals surface area contributed by atoms with E-state index in [0.717, 1.165) is 18.0 Å². The van der Waals surface area contributed by atoms with E-state index in [0.29, 0.717) is 0 Å². The summed E-state index contributed by atoms with van der Waals surface area (Å²) in [4.78, 5) is 5.60. The minimum atomic E-state index is 0.845. The predicted octanol–water partition coefficient (Wildman–Crippen LogP) is 3.52. The van der Waals surface area contributed by atoms with Gasteiger partial charge in [0.15, 0.2) is 0 Å². The molecule has 2 atom stereocenters. The minimum absolute atomic E-state index is 0.845. The first-order chi connectivity index (χ1) is 9.36. The molecule has 0 spiro atoms. The van der Waals surface area contributed by atoms with Gasteiger partial charge < -0.3 is 0 Å². The average molecular weight is 264 g/mol. The van der Waals surface area contributed by atoms with E-state index in [1.54, 1.807) is 0 Å². The highest BCUT2D eigenvalue weighted by atomic mass is 15.3. The van der Waals surface area contributed by atoms with Crippen LogP contribution in [0.15, 0.2) is 0 Å². The third kappa shape index (κ3) is 3.33. The summed E-state index contributed by atoms with van der Waals surface area (Å²) in [6.45, 7) is 7.84. The summed E-state index contributed by atoms with van der Waals surface area (Å²) in [6, 6.07) is 1.74. The van der Waals surface area contributed by atoms with E-state index in [4.69, 9.17) is 0 Å². The van der Waals surface area contributed by atoms with Gasteiger partial charge in [0.25, 0.3) is 0 Å². The molecule has 2 nitrogen and oxygen atoms in total. The predicted molar refractivity (Wildman–Crippen MR) is 81.4 cm³/mol. The van der Waals surface area contributed by atoms with Gasteiger partial charge in [-0.25, -0.2) is 0 Å². The minimum Gasteiger partial charge on any atom is -0.298 e. The normalized spacial score (nSPS) is 33.9. The molecule has 2 unspecified atom stereocenters. The molecule has 1 aliphatic carbocycles. The van der Waals surface area contributed by atoms with Crippen LogP contribution in [-0.2, 0) is 0 Å². The van der Waals surface area contributed by atoms with Crippen molar-refractivity contribution in [2.24, 2.45) is 5.92 Å². The molecule has 2 saturated heterocycles. The summed E-state index contributed by atoms with van der Waals surface area (Å²) in [5, 5.41) is 0. The summed E-state index contributed by atoms with van der Waals surface area (Å²) >= 11 is 0. The van der Waals surface area contributed by atoms with E-state index in [1.807, 2.05) is 0 Å². The Morgan fingerprint density at radius 3 is 2.63 bits per heavy atom. The van der Waals surface area contributed by atoms with Gasteiger partial charge in [0.05, 0.1) is 0 Å². The molecule has 3 fully saturated rings. The van der Waals surface area contributed by atoms with Crippen molar-refractivity contribution < 1.29 is 0 Å². The number of hydrogen-bond donors (Lipinski definition) is 0. The molecule has 110 valence electrons. The van der Waals surface area contributed by atoms with Gasteiger partial charge in [-0.1, -0.05) is 32.6 Å². The van der Waals surface area contributed by atoms with E-state index < -0.39 is 0 Å². The molecule has 2 aliphatic heterocycles. The zero-order chi connectivity index (χ0) is 13.1. The molecule has 0 aromatic heterocycles. The molecule has 0 bridgehead atoms. The fraction of sp³-hybridized carbons (Fsp3) is 1.00. The van der Waals surface area contributed by atoms with Gasteiger partial charge in [-0.15, -0.1) is 0 Å². The maximum Gasteiger partial charge on any atom is 0.0224 e. The van der Waals surface area contributed by atoms with Crippen LogP contribution in [0, 0.1) is 5.92 Å². The van der Waals surface area contributed by atoms with Crippen molar-refractivity contribution in [1.29, 1.82) is 0 Å². The van der Waals surface area contributed by atoms with Crippen molar-refractivity contribution in [2.45, 2.75) is 76.8 Å². The Labute approximate surface area is 119 Å². The van der Waals surface area contributed by atoms with Crippen molar-refractivity contribution in [3.63, 3.8) is 0 Å². The molecule has 2 heterocycles. The Morgan fingerprint density at radius 1 is 1.00 bits per heavy atom. The lowest BCUT2D eigenvalue weighted by Crippen LogP contribution is -2.55. The van der Waals surface area contributed by atoms with Crippen molar-refractivity contribution in [3.05, 3.63) is 0 Å². The second-order valence-electron chi connectivity index (χ2n) is 7.14. The van der Waals surface area contributed by atoms with Crippen LogP contribution in [-0.4, -0.2) is 48.1 Å². The number of piperazine rings is 1. The van der Waals surface area contributed by atoms with Crippen molar-refractivity contribution >= 4 is 0 Å². The number of nitrogens with zero attached hydrogens (tertiary/aromatic N) is 2. The van der Waals surface area contributed by atoms with E-state index in [9.17, 15) is 0 Å². The molecule has 2 heteroatoms. The van der Waals surface area contributed by atoms with Crippen LogP contribution in [0.5, 0.6) is 0 Å². The Morgan fingerprint density at radius 2 is 1.84 bits per heavy atom. The summed E-state index contributed by atoms with van der Waals surface area (Å²) in [5.74, 6) is 1.08. The molecule has 3 aliphatic rings. The molecular weight excluding hydrogens is 232 g/mol. The third-order valence-corrected chi connectivity index (χ3v) is 5.91. The second kappa shape index (κ2) is 6.58. The van der Waals surface area contributed by atoms with E-state index in [2.05, 4.69) is 16.7 Å². The first kappa shape index (κ1) is 13.9. The van der Waals surface area contributed by atoms with Crippen LogP contribution in [0.1, 0.15) is 64.7 Å². The van der Waals surface area contributed by atoms with Crippen LogP contribution in [0.4, 0.5) is 0 Å². The topological polar surface area (TPSA) is 6.48 Å². The molecule has 19 heavy (non-hydrogen) atoms. The fourth-order valence-electron chi connectivity index (χ4n) is 4.69. The van der Waals surface area contributed by atoms with Gasteiger partial charge in [0.1, 0.15) is 0 Å². The monoisotopic (exact) mass is 264 g/mol. The molecular formula is C17H32N2. The molecule has 0 aromatic carbocycles. The van der Waals surface area contributed by atoms with E-state index in [1.165, 1.54) is 84.0 Å². The van der Waals surface area contributed by atoms with Crippen LogP contribution in [0.25, 0.3) is 0 Å². The molecule has 0 N–H and O–H groups in total. The smallest absolute Gasteiger partial charge is 0.0224 e. The Bertz CT molecular complexity index is 272. The van der Waals surface area contributed by atoms with Crippen LogP contribution in [0.2, 0.25) is 0 Å². The maximum atomic E-state index is 2.83. The average Bonchev–Trinajstić information content (AvgIpc) is 3.08. The zero-order valence-corrected chi connectivity index (χ0v) is 12.8. The SMILES string of the molecule is CCC1CN2CCCC2CN1CCCC1CCCC1. The Balaban J connectivity index is 1.45. The quantitative estimate of drug-likeness (QED) is 0.749.